The first-order valence-corrected chi connectivity index (χ1v) is 6.27. The number of benzene rings is 1. The van der Waals surface area contributed by atoms with E-state index in [4.69, 9.17) is 5.73 Å². The summed E-state index contributed by atoms with van der Waals surface area (Å²) < 4.78 is 0. The second-order valence-electron chi connectivity index (χ2n) is 4.32. The van der Waals surface area contributed by atoms with Crippen molar-refractivity contribution < 1.29 is 4.79 Å². The van der Waals surface area contributed by atoms with Crippen molar-refractivity contribution >= 4 is 5.91 Å². The van der Waals surface area contributed by atoms with E-state index in [0.717, 1.165) is 18.4 Å². The average molecular weight is 234 g/mol. The molecule has 3 N–H and O–H groups in total. The van der Waals surface area contributed by atoms with Crippen molar-refractivity contribution in [3.05, 3.63) is 35.9 Å². The van der Waals surface area contributed by atoms with Gasteiger partial charge in [0.1, 0.15) is 6.04 Å². The molecule has 17 heavy (non-hydrogen) atoms. The summed E-state index contributed by atoms with van der Waals surface area (Å²) in [5.41, 5.74) is 6.75. The van der Waals surface area contributed by atoms with Crippen molar-refractivity contribution in [2.75, 3.05) is 6.54 Å². The van der Waals surface area contributed by atoms with Gasteiger partial charge in [-0.1, -0.05) is 57.0 Å². The Hall–Kier alpha value is -1.35. The van der Waals surface area contributed by atoms with E-state index in [-0.39, 0.29) is 5.91 Å². The number of nitrogens with two attached hydrogens (primary N) is 1. The molecule has 0 aliphatic carbocycles. The van der Waals surface area contributed by atoms with Gasteiger partial charge in [0.05, 0.1) is 0 Å². The van der Waals surface area contributed by atoms with Crippen molar-refractivity contribution in [3.63, 3.8) is 0 Å². The van der Waals surface area contributed by atoms with Crippen LogP contribution in [0.4, 0.5) is 0 Å². The Morgan fingerprint density at radius 2 is 1.82 bits per heavy atom. The number of hydrogen-bond donors (Lipinski definition) is 2. The van der Waals surface area contributed by atoms with E-state index in [1.165, 1.54) is 0 Å². The van der Waals surface area contributed by atoms with Crippen LogP contribution in [0.25, 0.3) is 0 Å². The van der Waals surface area contributed by atoms with Crippen molar-refractivity contribution in [2.24, 2.45) is 11.7 Å². The Bertz CT molecular complexity index is 333. The molecule has 1 atom stereocenters. The van der Waals surface area contributed by atoms with Crippen molar-refractivity contribution in [3.8, 4) is 0 Å². The molecule has 0 aliphatic heterocycles. The molecule has 0 saturated heterocycles. The Balaban J connectivity index is 2.48. The van der Waals surface area contributed by atoms with Crippen LogP contribution >= 0.6 is 0 Å². The third-order valence-corrected chi connectivity index (χ3v) is 3.16. The molecule has 0 bridgehead atoms. The minimum Gasteiger partial charge on any atom is -0.354 e. The molecule has 94 valence electrons. The first-order valence-electron chi connectivity index (χ1n) is 6.27. The van der Waals surface area contributed by atoms with E-state index in [1.54, 1.807) is 0 Å². The lowest BCUT2D eigenvalue weighted by Gasteiger charge is -2.16. The van der Waals surface area contributed by atoms with Gasteiger partial charge in [0.2, 0.25) is 5.91 Å². The molecule has 0 spiro atoms. The monoisotopic (exact) mass is 234 g/mol. The molecule has 0 radical (unpaired) electrons. The molecule has 0 aliphatic rings. The lowest BCUT2D eigenvalue weighted by atomic mass is 10.0. The highest BCUT2D eigenvalue weighted by atomic mass is 16.2. The summed E-state index contributed by atoms with van der Waals surface area (Å²) >= 11 is 0. The number of carbonyl (C=O) groups excluding carboxylic acids is 1. The van der Waals surface area contributed by atoms with Gasteiger partial charge in [0.25, 0.3) is 0 Å². The molecular formula is C14H22N2O. The highest BCUT2D eigenvalue weighted by Crippen LogP contribution is 2.10. The second-order valence-corrected chi connectivity index (χ2v) is 4.32. The van der Waals surface area contributed by atoms with E-state index >= 15 is 0 Å². The average Bonchev–Trinajstić information content (AvgIpc) is 2.39. The molecule has 1 aromatic rings. The van der Waals surface area contributed by atoms with E-state index < -0.39 is 6.04 Å². The lowest BCUT2D eigenvalue weighted by molar-refractivity contribution is -0.122. The summed E-state index contributed by atoms with van der Waals surface area (Å²) in [7, 11) is 0. The Morgan fingerprint density at radius 1 is 1.24 bits per heavy atom. The van der Waals surface area contributed by atoms with Crippen LogP contribution < -0.4 is 11.1 Å². The van der Waals surface area contributed by atoms with Gasteiger partial charge in [-0.25, -0.2) is 0 Å². The van der Waals surface area contributed by atoms with Gasteiger partial charge in [0.15, 0.2) is 0 Å². The molecule has 1 aromatic carbocycles. The maximum atomic E-state index is 11.8. The van der Waals surface area contributed by atoms with Gasteiger partial charge in [-0.05, 0) is 11.5 Å². The quantitative estimate of drug-likeness (QED) is 0.793. The molecule has 3 heteroatoms. The zero-order chi connectivity index (χ0) is 12.7. The predicted octanol–water partition coefficient (Wildman–Crippen LogP) is 2.24. The fraction of sp³-hybridized carbons (Fsp3) is 0.500. The molecule has 0 aromatic heterocycles. The first kappa shape index (κ1) is 13.7. The second kappa shape index (κ2) is 7.07. The molecule has 0 heterocycles. The molecule has 3 nitrogen and oxygen atoms in total. The molecule has 0 fully saturated rings. The SMILES string of the molecule is CCC(CC)CNC(=O)[C@H](N)c1ccccc1. The Morgan fingerprint density at radius 3 is 2.35 bits per heavy atom. The summed E-state index contributed by atoms with van der Waals surface area (Å²) in [5.74, 6) is 0.449. The number of carbonyl (C=O) groups is 1. The largest absolute Gasteiger partial charge is 0.354 e. The Labute approximate surface area is 103 Å². The molecule has 0 saturated carbocycles. The normalized spacial score (nSPS) is 12.5. The minimum atomic E-state index is -0.564. The summed E-state index contributed by atoms with van der Waals surface area (Å²) in [6.45, 7) is 4.99. The van der Waals surface area contributed by atoms with E-state index in [1.807, 2.05) is 30.3 Å². The summed E-state index contributed by atoms with van der Waals surface area (Å²) in [6, 6.07) is 8.89. The van der Waals surface area contributed by atoms with Crippen LogP contribution in [-0.4, -0.2) is 12.5 Å². The van der Waals surface area contributed by atoms with Crippen LogP contribution in [0.3, 0.4) is 0 Å². The minimum absolute atomic E-state index is 0.0944. The summed E-state index contributed by atoms with van der Waals surface area (Å²) in [6.07, 6.45) is 2.16. The van der Waals surface area contributed by atoms with Crippen LogP contribution in [0.1, 0.15) is 38.3 Å². The van der Waals surface area contributed by atoms with E-state index in [0.29, 0.717) is 12.5 Å². The third-order valence-electron chi connectivity index (χ3n) is 3.16. The van der Waals surface area contributed by atoms with Gasteiger partial charge in [-0.3, -0.25) is 4.79 Å². The number of hydrogen-bond acceptors (Lipinski definition) is 2. The van der Waals surface area contributed by atoms with Crippen molar-refractivity contribution in [1.29, 1.82) is 0 Å². The summed E-state index contributed by atoms with van der Waals surface area (Å²) in [4.78, 5) is 11.8. The lowest BCUT2D eigenvalue weighted by Crippen LogP contribution is -2.36. The van der Waals surface area contributed by atoms with Crippen LogP contribution in [0.5, 0.6) is 0 Å². The fourth-order valence-electron chi connectivity index (χ4n) is 1.74. The highest BCUT2D eigenvalue weighted by molar-refractivity contribution is 5.82. The fourth-order valence-corrected chi connectivity index (χ4v) is 1.74. The van der Waals surface area contributed by atoms with Crippen LogP contribution in [-0.2, 0) is 4.79 Å². The van der Waals surface area contributed by atoms with Gasteiger partial charge >= 0.3 is 0 Å². The van der Waals surface area contributed by atoms with Crippen molar-refractivity contribution in [1.82, 2.24) is 5.32 Å². The Kier molecular flexibility index (Phi) is 5.70. The zero-order valence-corrected chi connectivity index (χ0v) is 10.6. The maximum Gasteiger partial charge on any atom is 0.241 e. The van der Waals surface area contributed by atoms with E-state index in [9.17, 15) is 4.79 Å². The van der Waals surface area contributed by atoms with Gasteiger partial charge in [-0.15, -0.1) is 0 Å². The highest BCUT2D eigenvalue weighted by Gasteiger charge is 2.15. The molecular weight excluding hydrogens is 212 g/mol. The van der Waals surface area contributed by atoms with Crippen LogP contribution in [0.2, 0.25) is 0 Å². The predicted molar refractivity (Wildman–Crippen MR) is 70.5 cm³/mol. The molecule has 0 unspecified atom stereocenters. The molecule has 1 rings (SSSR count). The van der Waals surface area contributed by atoms with Gasteiger partial charge in [-0.2, -0.15) is 0 Å². The van der Waals surface area contributed by atoms with Crippen LogP contribution in [0, 0.1) is 5.92 Å². The number of nitrogens with one attached hydrogen (secondary N) is 1. The third kappa shape index (κ3) is 4.19. The zero-order valence-electron chi connectivity index (χ0n) is 10.6. The molecule has 1 amide bonds. The standard InChI is InChI=1S/C14H22N2O/c1-3-11(4-2)10-16-14(17)13(15)12-8-6-5-7-9-12/h5-9,11,13H,3-4,10,15H2,1-2H3,(H,16,17)/t13-/m1/s1. The summed E-state index contributed by atoms with van der Waals surface area (Å²) in [5, 5.41) is 2.92. The smallest absolute Gasteiger partial charge is 0.241 e. The number of rotatable bonds is 6. The van der Waals surface area contributed by atoms with Gasteiger partial charge in [0, 0.05) is 6.54 Å². The van der Waals surface area contributed by atoms with E-state index in [2.05, 4.69) is 19.2 Å². The van der Waals surface area contributed by atoms with Crippen molar-refractivity contribution in [2.45, 2.75) is 32.7 Å². The topological polar surface area (TPSA) is 55.1 Å². The van der Waals surface area contributed by atoms with Gasteiger partial charge < -0.3 is 11.1 Å². The first-order chi connectivity index (χ1) is 8.19. The van der Waals surface area contributed by atoms with Crippen LogP contribution in [0.15, 0.2) is 30.3 Å². The maximum absolute atomic E-state index is 11.8. The number of amides is 1.